The fourth-order valence-corrected chi connectivity index (χ4v) is 4.36. The average Bonchev–Trinajstić information content (AvgIpc) is 3.24. The summed E-state index contributed by atoms with van der Waals surface area (Å²) in [5.41, 5.74) is 1.64. The molecule has 23 heavy (non-hydrogen) atoms. The Bertz CT molecular complexity index is 909. The summed E-state index contributed by atoms with van der Waals surface area (Å²) in [4.78, 5) is 8.97. The van der Waals surface area contributed by atoms with Gasteiger partial charge in [0, 0.05) is 37.2 Å². The predicted octanol–water partition coefficient (Wildman–Crippen LogP) is 2.18. The van der Waals surface area contributed by atoms with Crippen molar-refractivity contribution in [2.45, 2.75) is 17.7 Å². The first-order chi connectivity index (χ1) is 11.1. The van der Waals surface area contributed by atoms with E-state index in [9.17, 15) is 8.42 Å². The van der Waals surface area contributed by atoms with Gasteiger partial charge < -0.3 is 0 Å². The molecule has 1 aliphatic heterocycles. The zero-order valence-electron chi connectivity index (χ0n) is 12.5. The van der Waals surface area contributed by atoms with E-state index >= 15 is 0 Å². The quantitative estimate of drug-likeness (QED) is 0.739. The van der Waals surface area contributed by atoms with Crippen LogP contribution in [0.15, 0.2) is 53.8 Å². The fourth-order valence-electron chi connectivity index (χ4n) is 2.84. The summed E-state index contributed by atoms with van der Waals surface area (Å²) in [6, 6.07) is 8.74. The van der Waals surface area contributed by atoms with Gasteiger partial charge in [-0.05, 0) is 31.0 Å². The third kappa shape index (κ3) is 2.51. The number of hydrogen-bond donors (Lipinski definition) is 0. The van der Waals surface area contributed by atoms with Gasteiger partial charge in [-0.3, -0.25) is 4.40 Å². The molecule has 0 unspecified atom stereocenters. The van der Waals surface area contributed by atoms with E-state index in [1.165, 1.54) is 0 Å². The second-order valence-corrected chi connectivity index (χ2v) is 7.53. The van der Waals surface area contributed by atoms with E-state index in [1.54, 1.807) is 34.8 Å². The SMILES string of the molecule is O=S(=O)(c1ccc(-c2cn3cccnc3n2)cc1)N1CCCC1. The number of sulfonamides is 1. The molecule has 0 atom stereocenters. The Labute approximate surface area is 134 Å². The van der Waals surface area contributed by atoms with E-state index < -0.39 is 10.0 Å². The van der Waals surface area contributed by atoms with Crippen LogP contribution in [0.25, 0.3) is 17.0 Å². The highest BCUT2D eigenvalue weighted by atomic mass is 32.2. The van der Waals surface area contributed by atoms with Crippen molar-refractivity contribution in [3.63, 3.8) is 0 Å². The summed E-state index contributed by atoms with van der Waals surface area (Å²) in [6.07, 6.45) is 7.33. The minimum atomic E-state index is -3.37. The number of imidazole rings is 1. The molecule has 118 valence electrons. The van der Waals surface area contributed by atoms with Crippen molar-refractivity contribution in [2.24, 2.45) is 0 Å². The lowest BCUT2D eigenvalue weighted by atomic mass is 10.2. The molecular weight excluding hydrogens is 312 g/mol. The van der Waals surface area contributed by atoms with Crippen molar-refractivity contribution in [1.82, 2.24) is 18.7 Å². The number of nitrogens with zero attached hydrogens (tertiary/aromatic N) is 4. The molecule has 0 amide bonds. The van der Waals surface area contributed by atoms with Crippen LogP contribution in [0.4, 0.5) is 0 Å². The molecule has 0 radical (unpaired) electrons. The van der Waals surface area contributed by atoms with E-state index in [-0.39, 0.29) is 0 Å². The number of fused-ring (bicyclic) bond motifs is 1. The molecule has 4 rings (SSSR count). The van der Waals surface area contributed by atoms with Gasteiger partial charge in [-0.1, -0.05) is 12.1 Å². The van der Waals surface area contributed by atoms with Crippen molar-refractivity contribution in [2.75, 3.05) is 13.1 Å². The van der Waals surface area contributed by atoms with E-state index in [4.69, 9.17) is 0 Å². The average molecular weight is 328 g/mol. The van der Waals surface area contributed by atoms with Crippen LogP contribution in [-0.4, -0.2) is 40.2 Å². The first-order valence-electron chi connectivity index (χ1n) is 7.55. The van der Waals surface area contributed by atoms with Gasteiger partial charge in [0.2, 0.25) is 15.8 Å². The van der Waals surface area contributed by atoms with Gasteiger partial charge in [-0.25, -0.2) is 18.4 Å². The molecule has 6 nitrogen and oxygen atoms in total. The van der Waals surface area contributed by atoms with E-state index in [1.807, 2.05) is 22.9 Å². The second kappa shape index (κ2) is 5.43. The second-order valence-electron chi connectivity index (χ2n) is 5.59. The molecule has 0 saturated carbocycles. The number of rotatable bonds is 3. The zero-order chi connectivity index (χ0) is 15.9. The van der Waals surface area contributed by atoms with Gasteiger partial charge in [0.05, 0.1) is 10.6 Å². The molecule has 1 fully saturated rings. The molecule has 0 spiro atoms. The summed E-state index contributed by atoms with van der Waals surface area (Å²) in [6.45, 7) is 1.23. The number of benzene rings is 1. The van der Waals surface area contributed by atoms with Crippen molar-refractivity contribution >= 4 is 15.8 Å². The minimum absolute atomic E-state index is 0.338. The largest absolute Gasteiger partial charge is 0.291 e. The minimum Gasteiger partial charge on any atom is -0.291 e. The van der Waals surface area contributed by atoms with Gasteiger partial charge in [-0.15, -0.1) is 0 Å². The predicted molar refractivity (Wildman–Crippen MR) is 86.4 cm³/mol. The maximum atomic E-state index is 12.5. The molecular formula is C16H16N4O2S. The normalized spacial score (nSPS) is 16.2. The van der Waals surface area contributed by atoms with Crippen LogP contribution in [0.3, 0.4) is 0 Å². The lowest BCUT2D eigenvalue weighted by molar-refractivity contribution is 0.477. The summed E-state index contributed by atoms with van der Waals surface area (Å²) in [5.74, 6) is 0.622. The molecule has 1 aliphatic rings. The lowest BCUT2D eigenvalue weighted by Crippen LogP contribution is -2.27. The smallest absolute Gasteiger partial charge is 0.243 e. The third-order valence-corrected chi connectivity index (χ3v) is 6.00. The topological polar surface area (TPSA) is 67.6 Å². The van der Waals surface area contributed by atoms with E-state index in [0.717, 1.165) is 24.1 Å². The molecule has 0 aliphatic carbocycles. The van der Waals surface area contributed by atoms with Gasteiger partial charge in [-0.2, -0.15) is 4.31 Å². The molecule has 3 aromatic rings. The molecule has 0 N–H and O–H groups in total. The number of aromatic nitrogens is 3. The fraction of sp³-hybridized carbons (Fsp3) is 0.250. The van der Waals surface area contributed by atoms with E-state index in [0.29, 0.717) is 23.8 Å². The summed E-state index contributed by atoms with van der Waals surface area (Å²) in [7, 11) is -3.37. The van der Waals surface area contributed by atoms with Crippen molar-refractivity contribution in [3.05, 3.63) is 48.9 Å². The van der Waals surface area contributed by atoms with Crippen molar-refractivity contribution in [1.29, 1.82) is 0 Å². The first kappa shape index (κ1) is 14.3. The first-order valence-corrected chi connectivity index (χ1v) is 8.99. The molecule has 2 aromatic heterocycles. The maximum Gasteiger partial charge on any atom is 0.243 e. The van der Waals surface area contributed by atoms with Crippen LogP contribution in [-0.2, 0) is 10.0 Å². The Kier molecular flexibility index (Phi) is 3.39. The Morgan fingerprint density at radius 2 is 1.78 bits per heavy atom. The van der Waals surface area contributed by atoms with Crippen molar-refractivity contribution < 1.29 is 8.42 Å². The summed E-state index contributed by atoms with van der Waals surface area (Å²) < 4.78 is 28.4. The third-order valence-electron chi connectivity index (χ3n) is 4.09. The maximum absolute atomic E-state index is 12.5. The highest BCUT2D eigenvalue weighted by molar-refractivity contribution is 7.89. The van der Waals surface area contributed by atoms with Crippen LogP contribution < -0.4 is 0 Å². The van der Waals surface area contributed by atoms with Crippen LogP contribution in [0.5, 0.6) is 0 Å². The van der Waals surface area contributed by atoms with Crippen LogP contribution in [0, 0.1) is 0 Å². The summed E-state index contributed by atoms with van der Waals surface area (Å²) >= 11 is 0. The zero-order valence-corrected chi connectivity index (χ0v) is 13.3. The van der Waals surface area contributed by atoms with Crippen LogP contribution in [0.1, 0.15) is 12.8 Å². The van der Waals surface area contributed by atoms with Crippen LogP contribution >= 0.6 is 0 Å². The monoisotopic (exact) mass is 328 g/mol. The molecule has 7 heteroatoms. The van der Waals surface area contributed by atoms with Gasteiger partial charge in [0.25, 0.3) is 0 Å². The highest BCUT2D eigenvalue weighted by Gasteiger charge is 2.26. The van der Waals surface area contributed by atoms with Gasteiger partial charge in [0.1, 0.15) is 0 Å². The van der Waals surface area contributed by atoms with E-state index in [2.05, 4.69) is 9.97 Å². The standard InChI is InChI=1S/C16H16N4O2S/c21-23(22,20-10-1-2-11-20)14-6-4-13(5-7-14)15-12-19-9-3-8-17-16(19)18-15/h3-9,12H,1-2,10-11H2. The number of hydrogen-bond acceptors (Lipinski definition) is 4. The lowest BCUT2D eigenvalue weighted by Gasteiger charge is -2.15. The van der Waals surface area contributed by atoms with Crippen molar-refractivity contribution in [3.8, 4) is 11.3 Å². The Balaban J connectivity index is 1.67. The molecule has 1 saturated heterocycles. The molecule has 1 aromatic carbocycles. The highest BCUT2D eigenvalue weighted by Crippen LogP contribution is 2.24. The van der Waals surface area contributed by atoms with Gasteiger partial charge in [0.15, 0.2) is 0 Å². The molecule has 3 heterocycles. The van der Waals surface area contributed by atoms with Gasteiger partial charge >= 0.3 is 0 Å². The Morgan fingerprint density at radius 1 is 1.04 bits per heavy atom. The van der Waals surface area contributed by atoms with Crippen LogP contribution in [0.2, 0.25) is 0 Å². The Hall–Kier alpha value is -2.25. The summed E-state index contributed by atoms with van der Waals surface area (Å²) in [5, 5.41) is 0. The Morgan fingerprint density at radius 3 is 2.48 bits per heavy atom. The molecule has 0 bridgehead atoms.